The summed E-state index contributed by atoms with van der Waals surface area (Å²) >= 11 is 0. The molecule has 0 atom stereocenters. The Kier molecular flexibility index (Phi) is 7.84. The quantitative estimate of drug-likeness (QED) is 0.253. The summed E-state index contributed by atoms with van der Waals surface area (Å²) in [6.45, 7) is -1.95. The number of para-hydroxylation sites is 1. The first-order chi connectivity index (χ1) is 19.0. The Balaban J connectivity index is 1.54. The van der Waals surface area contributed by atoms with Crippen LogP contribution < -0.4 is 4.74 Å². The van der Waals surface area contributed by atoms with Crippen LogP contribution in [-0.2, 0) is 17.5 Å². The lowest BCUT2D eigenvalue weighted by Gasteiger charge is -2.24. The van der Waals surface area contributed by atoms with Gasteiger partial charge in [0.25, 0.3) is 5.91 Å². The number of aliphatic carboxylic acids is 1. The second-order valence-electron chi connectivity index (χ2n) is 9.19. The zero-order chi connectivity index (χ0) is 28.9. The summed E-state index contributed by atoms with van der Waals surface area (Å²) in [4.78, 5) is 25.5. The number of amides is 1. The molecule has 200 valence electrons. The summed E-state index contributed by atoms with van der Waals surface area (Å²) in [5.74, 6) is -1.13. The number of unbranched alkanes of at least 4 members (excludes halogenated alkanes) is 2. The number of benzene rings is 3. The fraction of sp³-hybridized carbons (Fsp3) is 0.333. The van der Waals surface area contributed by atoms with Crippen LogP contribution in [0.25, 0.3) is 11.1 Å². The molecule has 0 unspecified atom stereocenters. The van der Waals surface area contributed by atoms with Crippen molar-refractivity contribution >= 4 is 11.9 Å². The van der Waals surface area contributed by atoms with Gasteiger partial charge in [-0.05, 0) is 67.5 Å². The molecule has 0 radical (unpaired) electrons. The average molecular weight is 528 g/mol. The minimum atomic E-state index is -4.53. The van der Waals surface area contributed by atoms with Crippen molar-refractivity contribution < 1.29 is 35.3 Å². The fourth-order valence-electron chi connectivity index (χ4n) is 4.11. The lowest BCUT2D eigenvalue weighted by Crippen LogP contribution is -2.32. The normalized spacial score (nSPS) is 14.4. The topological polar surface area (TPSA) is 66.8 Å². The molecule has 8 heteroatoms. The zero-order valence-electron chi connectivity index (χ0n) is 22.7. The number of carboxylic acids is 1. The Hall–Kier alpha value is -3.81. The van der Waals surface area contributed by atoms with Crippen LogP contribution in [0.2, 0.25) is 0 Å². The molecule has 0 heterocycles. The number of hydrogen-bond donors (Lipinski definition) is 1. The molecule has 3 aromatic rings. The third kappa shape index (κ3) is 7.15. The minimum Gasteiger partial charge on any atom is -0.493 e. The molecule has 1 aliphatic rings. The van der Waals surface area contributed by atoms with Crippen LogP contribution in [0, 0.1) is 0 Å². The van der Waals surface area contributed by atoms with Gasteiger partial charge >= 0.3 is 12.1 Å². The molecule has 1 N–H and O–H groups in total. The molecule has 38 heavy (non-hydrogen) atoms. The molecule has 1 aliphatic carbocycles. The van der Waals surface area contributed by atoms with Gasteiger partial charge in [0.05, 0.1) is 14.9 Å². The van der Waals surface area contributed by atoms with Gasteiger partial charge in [0.1, 0.15) is 5.75 Å². The van der Waals surface area contributed by atoms with Crippen molar-refractivity contribution in [2.45, 2.75) is 57.2 Å². The van der Waals surface area contributed by atoms with Gasteiger partial charge in [0.15, 0.2) is 0 Å². The van der Waals surface area contributed by atoms with Gasteiger partial charge in [-0.25, -0.2) is 0 Å². The number of nitrogens with zero attached hydrogens (tertiary/aromatic N) is 1. The summed E-state index contributed by atoms with van der Waals surface area (Å²) in [6.07, 6.45) is -1.42. The highest BCUT2D eigenvalue weighted by molar-refractivity contribution is 5.95. The van der Waals surface area contributed by atoms with Crippen molar-refractivity contribution in [2.75, 3.05) is 6.61 Å². The lowest BCUT2D eigenvalue weighted by molar-refractivity contribution is -0.138. The molecule has 3 aromatic carbocycles. The zero-order valence-corrected chi connectivity index (χ0v) is 20.7. The Labute approximate surface area is 222 Å². The number of hydrogen-bond acceptors (Lipinski definition) is 3. The van der Waals surface area contributed by atoms with E-state index in [1.165, 1.54) is 47.4 Å². The van der Waals surface area contributed by atoms with E-state index in [2.05, 4.69) is 0 Å². The minimum absolute atomic E-state index is 0.00239. The number of halogens is 3. The SMILES string of the molecule is [2H]C([2H])(c1ccccc1OCCCCCC(=O)O)N(C(=O)c1ccc(-c2ccccc2C(F)(F)F)cc1)C1CC1. The second-order valence-corrected chi connectivity index (χ2v) is 9.19. The molecule has 1 saturated carbocycles. The number of rotatable bonds is 12. The summed E-state index contributed by atoms with van der Waals surface area (Å²) in [7, 11) is 0. The van der Waals surface area contributed by atoms with Crippen molar-refractivity contribution in [3.63, 3.8) is 0 Å². The van der Waals surface area contributed by atoms with E-state index >= 15 is 0 Å². The second kappa shape index (κ2) is 12.2. The van der Waals surface area contributed by atoms with Crippen LogP contribution in [0.1, 0.15) is 62.8 Å². The molecule has 0 spiro atoms. The van der Waals surface area contributed by atoms with Gasteiger partial charge in [0, 0.05) is 30.1 Å². The van der Waals surface area contributed by atoms with E-state index in [1.54, 1.807) is 24.3 Å². The first kappa shape index (κ1) is 24.5. The van der Waals surface area contributed by atoms with E-state index in [4.69, 9.17) is 12.6 Å². The predicted molar refractivity (Wildman–Crippen MR) is 138 cm³/mol. The van der Waals surface area contributed by atoms with Gasteiger partial charge in [-0.15, -0.1) is 0 Å². The fourth-order valence-corrected chi connectivity index (χ4v) is 4.11. The first-order valence-electron chi connectivity index (χ1n) is 13.5. The number of carboxylic acid groups (broad SMARTS) is 1. The lowest BCUT2D eigenvalue weighted by atomic mass is 9.98. The Morgan fingerprint density at radius 3 is 2.32 bits per heavy atom. The number of ether oxygens (including phenoxy) is 1. The van der Waals surface area contributed by atoms with Gasteiger partial charge < -0.3 is 14.7 Å². The molecule has 0 aliphatic heterocycles. The first-order valence-corrected chi connectivity index (χ1v) is 12.5. The third-order valence-corrected chi connectivity index (χ3v) is 6.23. The standard InChI is InChI=1S/C30H30F3NO4/c31-30(32,33)26-10-5-4-9-25(26)21-13-15-22(16-14-21)29(37)34(24-17-18-24)20-23-8-3-6-11-27(23)38-19-7-1-2-12-28(35)36/h3-6,8-11,13-16,24H,1-2,7,12,17-20H2,(H,35,36)/i20D2. The van der Waals surface area contributed by atoms with Gasteiger partial charge in [-0.1, -0.05) is 48.5 Å². The van der Waals surface area contributed by atoms with E-state index < -0.39 is 30.1 Å². The van der Waals surface area contributed by atoms with Gasteiger partial charge in [-0.2, -0.15) is 13.2 Å². The summed E-state index contributed by atoms with van der Waals surface area (Å²) in [6, 6.07) is 17.2. The molecule has 1 fully saturated rings. The Morgan fingerprint density at radius 1 is 0.947 bits per heavy atom. The van der Waals surface area contributed by atoms with Crippen LogP contribution in [0.3, 0.4) is 0 Å². The van der Waals surface area contributed by atoms with E-state index in [1.807, 2.05) is 0 Å². The monoisotopic (exact) mass is 527 g/mol. The maximum Gasteiger partial charge on any atom is 0.417 e. The summed E-state index contributed by atoms with van der Waals surface area (Å²) in [5.41, 5.74) is -0.120. The predicted octanol–water partition coefficient (Wildman–Crippen LogP) is 7.20. The Morgan fingerprint density at radius 2 is 1.63 bits per heavy atom. The van der Waals surface area contributed by atoms with Crippen molar-refractivity contribution in [3.8, 4) is 16.9 Å². The third-order valence-electron chi connectivity index (χ3n) is 6.23. The molecule has 0 saturated heterocycles. The van der Waals surface area contributed by atoms with Crippen LogP contribution >= 0.6 is 0 Å². The van der Waals surface area contributed by atoms with Crippen molar-refractivity contribution in [1.82, 2.24) is 4.90 Å². The molecule has 0 bridgehead atoms. The largest absolute Gasteiger partial charge is 0.493 e. The maximum absolute atomic E-state index is 13.6. The van der Waals surface area contributed by atoms with E-state index in [-0.39, 0.29) is 35.8 Å². The van der Waals surface area contributed by atoms with Crippen LogP contribution in [-0.4, -0.2) is 34.5 Å². The number of carbonyl (C=O) groups excluding carboxylic acids is 1. The number of alkyl halides is 3. The molecule has 1 amide bonds. The van der Waals surface area contributed by atoms with Gasteiger partial charge in [-0.3, -0.25) is 9.59 Å². The van der Waals surface area contributed by atoms with E-state index in [0.29, 0.717) is 43.4 Å². The smallest absolute Gasteiger partial charge is 0.417 e. The van der Waals surface area contributed by atoms with Crippen molar-refractivity contribution in [1.29, 1.82) is 0 Å². The molecular weight excluding hydrogens is 495 g/mol. The molecule has 5 nitrogen and oxygen atoms in total. The summed E-state index contributed by atoms with van der Waals surface area (Å²) < 4.78 is 64.3. The highest BCUT2D eigenvalue weighted by atomic mass is 19.4. The van der Waals surface area contributed by atoms with E-state index in [9.17, 15) is 22.8 Å². The highest BCUT2D eigenvalue weighted by Gasteiger charge is 2.35. The van der Waals surface area contributed by atoms with E-state index in [0.717, 1.165) is 6.07 Å². The van der Waals surface area contributed by atoms with Gasteiger partial charge in [0.2, 0.25) is 0 Å². The van der Waals surface area contributed by atoms with Crippen LogP contribution in [0.4, 0.5) is 13.2 Å². The van der Waals surface area contributed by atoms with Crippen molar-refractivity contribution in [2.24, 2.45) is 0 Å². The summed E-state index contributed by atoms with van der Waals surface area (Å²) in [5, 5.41) is 8.76. The molecule has 0 aromatic heterocycles. The molecule has 4 rings (SSSR count). The number of carbonyl (C=O) groups is 2. The average Bonchev–Trinajstić information content (AvgIpc) is 3.75. The Bertz CT molecular complexity index is 1340. The van der Waals surface area contributed by atoms with Crippen LogP contribution in [0.15, 0.2) is 72.8 Å². The van der Waals surface area contributed by atoms with Crippen LogP contribution in [0.5, 0.6) is 5.75 Å². The van der Waals surface area contributed by atoms with Crippen molar-refractivity contribution in [3.05, 3.63) is 89.5 Å². The highest BCUT2D eigenvalue weighted by Crippen LogP contribution is 2.37. The maximum atomic E-state index is 13.6. The molecular formula is C30H30F3NO4.